The summed E-state index contributed by atoms with van der Waals surface area (Å²) in [4.78, 5) is 5.83. The van der Waals surface area contributed by atoms with Crippen LogP contribution in [0.2, 0.25) is 5.15 Å². The third-order valence-electron chi connectivity index (χ3n) is 4.58. The van der Waals surface area contributed by atoms with Crippen molar-refractivity contribution in [1.82, 2.24) is 25.3 Å². The van der Waals surface area contributed by atoms with Crippen molar-refractivity contribution in [2.45, 2.75) is 38.7 Å². The molecule has 0 amide bonds. The summed E-state index contributed by atoms with van der Waals surface area (Å²) in [5, 5.41) is 12.0. The first-order valence-electron chi connectivity index (χ1n) is 9.53. The molecule has 1 heterocycles. The monoisotopic (exact) mass is 455 g/mol. The van der Waals surface area contributed by atoms with E-state index in [4.69, 9.17) is 11.6 Å². The summed E-state index contributed by atoms with van der Waals surface area (Å²) >= 11 is 6.32. The molecule has 1 rings (SSSR count). The van der Waals surface area contributed by atoms with E-state index in [1.54, 1.807) is 0 Å². The lowest BCUT2D eigenvalue weighted by Gasteiger charge is -2.23. The summed E-state index contributed by atoms with van der Waals surface area (Å²) in [6.07, 6.45) is -3.12. The highest BCUT2D eigenvalue weighted by Crippen LogP contribution is 2.29. The highest BCUT2D eigenvalue weighted by Gasteiger charge is 2.35. The molecule has 30 heavy (non-hydrogen) atoms. The molecule has 0 aliphatic heterocycles. The van der Waals surface area contributed by atoms with E-state index in [0.717, 1.165) is 12.8 Å². The van der Waals surface area contributed by atoms with E-state index in [1.165, 1.54) is 31.9 Å². The number of aliphatic imine (C=N–C) groups is 1. The van der Waals surface area contributed by atoms with Gasteiger partial charge in [0.25, 0.3) is 0 Å². The van der Waals surface area contributed by atoms with Crippen LogP contribution in [0.5, 0.6) is 0 Å². The first-order chi connectivity index (χ1) is 14.1. The Morgan fingerprint density at radius 3 is 2.50 bits per heavy atom. The maximum atomic E-state index is 14.1. The van der Waals surface area contributed by atoms with E-state index in [2.05, 4.69) is 30.9 Å². The van der Waals surface area contributed by atoms with Crippen LogP contribution >= 0.6 is 11.6 Å². The summed E-state index contributed by atoms with van der Waals surface area (Å²) in [7, 11) is 4.68. The van der Waals surface area contributed by atoms with Crippen LogP contribution in [-0.2, 0) is 0 Å². The van der Waals surface area contributed by atoms with Crippen LogP contribution in [0, 0.1) is 0 Å². The van der Waals surface area contributed by atoms with Gasteiger partial charge in [-0.3, -0.25) is 4.99 Å². The van der Waals surface area contributed by atoms with E-state index >= 15 is 0 Å². The number of hydrogen-bond acceptors (Lipinski definition) is 6. The predicted molar refractivity (Wildman–Crippen MR) is 113 cm³/mol. The molecule has 0 radical (unpaired) electrons. The Hall–Kier alpha value is -2.01. The second kappa shape index (κ2) is 12.0. The fourth-order valence-electron chi connectivity index (χ4n) is 2.70. The van der Waals surface area contributed by atoms with Gasteiger partial charge in [-0.1, -0.05) is 18.5 Å². The Labute approximate surface area is 179 Å². The minimum Gasteiger partial charge on any atom is -0.374 e. The number of halogens is 5. The third kappa shape index (κ3) is 7.35. The van der Waals surface area contributed by atoms with Crippen molar-refractivity contribution in [2.75, 3.05) is 46.2 Å². The van der Waals surface area contributed by atoms with Gasteiger partial charge in [0.05, 0.1) is 17.9 Å². The average molecular weight is 456 g/mol. The molecule has 172 valence electrons. The maximum absolute atomic E-state index is 14.1. The van der Waals surface area contributed by atoms with E-state index in [0.29, 0.717) is 18.7 Å². The normalized spacial score (nSPS) is 14.1. The van der Waals surface area contributed by atoms with Gasteiger partial charge in [0.15, 0.2) is 5.15 Å². The van der Waals surface area contributed by atoms with Gasteiger partial charge in [-0.25, -0.2) is 9.07 Å². The zero-order valence-corrected chi connectivity index (χ0v) is 18.6. The molecule has 0 aliphatic rings. The molecule has 7 nitrogen and oxygen atoms in total. The van der Waals surface area contributed by atoms with Crippen molar-refractivity contribution in [3.8, 4) is 0 Å². The Kier molecular flexibility index (Phi) is 10.4. The molecule has 0 saturated heterocycles. The molecule has 0 aromatic carbocycles. The molecule has 1 aromatic rings. The molecule has 0 saturated carbocycles. The van der Waals surface area contributed by atoms with Crippen molar-refractivity contribution >= 4 is 23.5 Å². The molecule has 0 aliphatic carbocycles. The van der Waals surface area contributed by atoms with Gasteiger partial charge >= 0.3 is 6.18 Å². The molecule has 2 atom stereocenters. The zero-order chi connectivity index (χ0) is 22.9. The topological polar surface area (TPSA) is 69.5 Å². The van der Waals surface area contributed by atoms with Crippen molar-refractivity contribution in [3.05, 3.63) is 22.7 Å². The first-order valence-corrected chi connectivity index (χ1v) is 9.90. The summed E-state index contributed by atoms with van der Waals surface area (Å²) in [6.45, 7) is 4.79. The quantitative estimate of drug-likeness (QED) is 0.333. The lowest BCUT2D eigenvalue weighted by molar-refractivity contribution is -0.0869. The molecular formula is C18H30ClF4N7. The van der Waals surface area contributed by atoms with Gasteiger partial charge in [0, 0.05) is 20.3 Å². The highest BCUT2D eigenvalue weighted by atomic mass is 35.5. The van der Waals surface area contributed by atoms with E-state index in [9.17, 15) is 17.6 Å². The molecule has 0 spiro atoms. The standard InChI is InChI=1S/C18H30ClF4N7/c1-6-29(5)8-7-15(12(2)20)30-16(19)14(10-28-30)27-11-26-9-13(18(21,22)23)17(24-3)25-4/h9-10,12,15,24-25,27H,6-8,11H2,1-5H3. The Morgan fingerprint density at radius 1 is 1.37 bits per heavy atom. The second-order valence-electron chi connectivity index (χ2n) is 6.66. The van der Waals surface area contributed by atoms with Crippen LogP contribution in [0.25, 0.3) is 0 Å². The molecule has 12 heteroatoms. The minimum atomic E-state index is -4.58. The highest BCUT2D eigenvalue weighted by molar-refractivity contribution is 6.32. The summed E-state index contributed by atoms with van der Waals surface area (Å²) in [5.74, 6) is -0.200. The number of aromatic nitrogens is 2. The van der Waals surface area contributed by atoms with Crippen LogP contribution < -0.4 is 16.0 Å². The number of nitrogens with one attached hydrogen (secondary N) is 3. The van der Waals surface area contributed by atoms with E-state index in [1.807, 2.05) is 14.0 Å². The van der Waals surface area contributed by atoms with Gasteiger partial charge in [0.1, 0.15) is 24.2 Å². The maximum Gasteiger partial charge on any atom is 0.421 e. The van der Waals surface area contributed by atoms with Gasteiger partial charge in [-0.05, 0) is 33.5 Å². The van der Waals surface area contributed by atoms with Gasteiger partial charge < -0.3 is 20.9 Å². The van der Waals surface area contributed by atoms with Crippen molar-refractivity contribution in [1.29, 1.82) is 0 Å². The van der Waals surface area contributed by atoms with Crippen LogP contribution in [-0.4, -0.2) is 74.1 Å². The Bertz CT molecular complexity index is 710. The summed E-state index contributed by atoms with van der Waals surface area (Å²) in [5.41, 5.74) is -0.578. The van der Waals surface area contributed by atoms with E-state index < -0.39 is 24.0 Å². The molecule has 0 fully saturated rings. The third-order valence-corrected chi connectivity index (χ3v) is 4.96. The predicted octanol–water partition coefficient (Wildman–Crippen LogP) is 3.43. The molecule has 1 aromatic heterocycles. The van der Waals surface area contributed by atoms with Crippen LogP contribution in [0.4, 0.5) is 23.2 Å². The number of alkyl halides is 4. The van der Waals surface area contributed by atoms with Crippen LogP contribution in [0.15, 0.2) is 22.6 Å². The number of allylic oxidation sites excluding steroid dienone is 1. The van der Waals surface area contributed by atoms with Crippen molar-refractivity contribution in [3.63, 3.8) is 0 Å². The number of hydrogen-bond donors (Lipinski definition) is 3. The molecule has 0 bridgehead atoms. The van der Waals surface area contributed by atoms with Crippen molar-refractivity contribution < 1.29 is 17.6 Å². The summed E-state index contributed by atoms with van der Waals surface area (Å²) in [6, 6.07) is -0.556. The van der Waals surface area contributed by atoms with Gasteiger partial charge in [-0.2, -0.15) is 18.3 Å². The van der Waals surface area contributed by atoms with Crippen LogP contribution in [0.1, 0.15) is 26.3 Å². The largest absolute Gasteiger partial charge is 0.421 e. The minimum absolute atomic E-state index is 0.167. The molecule has 2 unspecified atom stereocenters. The lowest BCUT2D eigenvalue weighted by Crippen LogP contribution is -2.28. The molecule has 3 N–H and O–H groups in total. The number of rotatable bonds is 12. The smallest absolute Gasteiger partial charge is 0.374 e. The van der Waals surface area contributed by atoms with E-state index in [-0.39, 0.29) is 17.6 Å². The van der Waals surface area contributed by atoms with Gasteiger partial charge in [0.2, 0.25) is 0 Å². The van der Waals surface area contributed by atoms with Crippen LogP contribution in [0.3, 0.4) is 0 Å². The fourth-order valence-corrected chi connectivity index (χ4v) is 2.98. The Morgan fingerprint density at radius 2 is 2.00 bits per heavy atom. The Balaban J connectivity index is 2.88. The number of anilines is 1. The van der Waals surface area contributed by atoms with Gasteiger partial charge in [-0.15, -0.1) is 0 Å². The molecular weight excluding hydrogens is 426 g/mol. The summed E-state index contributed by atoms with van der Waals surface area (Å²) < 4.78 is 55.0. The van der Waals surface area contributed by atoms with Crippen molar-refractivity contribution in [2.24, 2.45) is 4.99 Å². The SMILES string of the molecule is CCN(C)CCC(C(C)F)n1ncc(NCN=CC(=C(NC)NC)C(F)(F)F)c1Cl. The second-order valence-corrected chi connectivity index (χ2v) is 7.01. The zero-order valence-electron chi connectivity index (χ0n) is 17.8. The fraction of sp³-hybridized carbons (Fsp3) is 0.667. The lowest BCUT2D eigenvalue weighted by atomic mass is 10.1. The number of nitrogens with zero attached hydrogens (tertiary/aromatic N) is 4. The first kappa shape index (κ1) is 26.0. The average Bonchev–Trinajstić information content (AvgIpc) is 3.03.